The van der Waals surface area contributed by atoms with Crippen molar-refractivity contribution in [2.24, 2.45) is 5.92 Å². The highest BCUT2D eigenvalue weighted by Crippen LogP contribution is 2.42. The van der Waals surface area contributed by atoms with E-state index in [-0.39, 0.29) is 11.7 Å². The predicted octanol–water partition coefficient (Wildman–Crippen LogP) is 2.45. The molecule has 4 nitrogen and oxygen atoms in total. The van der Waals surface area contributed by atoms with Gasteiger partial charge in [-0.15, -0.1) is 0 Å². The van der Waals surface area contributed by atoms with Crippen molar-refractivity contribution in [3.05, 3.63) is 34.9 Å². The summed E-state index contributed by atoms with van der Waals surface area (Å²) in [5, 5.41) is 0.571. The fourth-order valence-corrected chi connectivity index (χ4v) is 4.81. The highest BCUT2D eigenvalue weighted by Gasteiger charge is 2.48. The summed E-state index contributed by atoms with van der Waals surface area (Å²) in [6.45, 7) is 4.81. The van der Waals surface area contributed by atoms with Crippen LogP contribution >= 0.6 is 11.6 Å². The van der Waals surface area contributed by atoms with Crippen LogP contribution in [0.4, 0.5) is 0 Å². The molecule has 2 fully saturated rings. The first-order chi connectivity index (χ1) is 12.4. The number of amides is 1. The Morgan fingerprint density at radius 3 is 2.62 bits per heavy atom. The molecule has 1 saturated carbocycles. The van der Waals surface area contributed by atoms with E-state index in [4.69, 9.17) is 11.6 Å². The van der Waals surface area contributed by atoms with Crippen molar-refractivity contribution in [1.29, 1.82) is 0 Å². The maximum atomic E-state index is 13.1. The molecular weight excluding hydrogens is 348 g/mol. The first kappa shape index (κ1) is 19.4. The molecule has 1 aliphatic heterocycles. The molecule has 1 saturated heterocycles. The van der Waals surface area contributed by atoms with Gasteiger partial charge < -0.3 is 9.80 Å². The number of likely N-dealkylation sites (tertiary alicyclic amines) is 1. The van der Waals surface area contributed by atoms with Crippen LogP contribution in [0.3, 0.4) is 0 Å². The second-order valence-corrected chi connectivity index (χ2v) is 8.44. The molecule has 0 bridgehead atoms. The van der Waals surface area contributed by atoms with Crippen LogP contribution in [0.5, 0.6) is 0 Å². The molecule has 5 heteroatoms. The number of benzene rings is 1. The Labute approximate surface area is 161 Å². The van der Waals surface area contributed by atoms with Gasteiger partial charge in [-0.2, -0.15) is 0 Å². The van der Waals surface area contributed by atoms with Crippen LogP contribution < -0.4 is 4.90 Å². The SMILES string of the molecule is CC1CC[NH+](CC(=O)N(C)[C@]2(c3ccccc3Cl)CCCCC2=O)CC1. The van der Waals surface area contributed by atoms with Gasteiger partial charge in [-0.05, 0) is 44.1 Å². The van der Waals surface area contributed by atoms with Crippen LogP contribution in [0.2, 0.25) is 5.02 Å². The molecule has 1 aromatic carbocycles. The third-order valence-corrected chi connectivity index (χ3v) is 6.63. The van der Waals surface area contributed by atoms with E-state index in [1.807, 2.05) is 24.3 Å². The van der Waals surface area contributed by atoms with Crippen molar-refractivity contribution in [2.45, 2.75) is 51.0 Å². The van der Waals surface area contributed by atoms with Crippen LogP contribution in [0, 0.1) is 5.92 Å². The summed E-state index contributed by atoms with van der Waals surface area (Å²) in [6.07, 6.45) is 5.33. The van der Waals surface area contributed by atoms with E-state index >= 15 is 0 Å². The fraction of sp³-hybridized carbons (Fsp3) is 0.619. The van der Waals surface area contributed by atoms with E-state index < -0.39 is 5.54 Å². The Morgan fingerprint density at radius 2 is 1.96 bits per heavy atom. The number of Topliss-reactive ketones (excluding diaryl/α,β-unsaturated/α-hetero) is 1. The molecule has 3 rings (SSSR count). The van der Waals surface area contributed by atoms with Gasteiger partial charge in [0, 0.05) is 24.1 Å². The standard InChI is InChI=1S/C21H29ClN2O2/c1-16-10-13-24(14-11-16)15-20(26)23(2)21(12-6-5-9-19(21)25)17-7-3-4-8-18(17)22/h3-4,7-8,16H,5-6,9-15H2,1-2H3/p+1/t21-/m0/s1. The van der Waals surface area contributed by atoms with E-state index in [1.54, 1.807) is 11.9 Å². The number of rotatable bonds is 4. The maximum Gasteiger partial charge on any atom is 0.278 e. The molecule has 0 radical (unpaired) electrons. The average Bonchev–Trinajstić information content (AvgIpc) is 2.64. The van der Waals surface area contributed by atoms with Crippen LogP contribution in [0.25, 0.3) is 0 Å². The molecule has 1 amide bonds. The topological polar surface area (TPSA) is 41.8 Å². The van der Waals surface area contributed by atoms with Gasteiger partial charge in [-0.1, -0.05) is 36.7 Å². The number of piperidine rings is 1. The minimum atomic E-state index is -0.907. The number of hydrogen-bond acceptors (Lipinski definition) is 2. The molecule has 1 N–H and O–H groups in total. The minimum Gasteiger partial charge on any atom is -0.327 e. The largest absolute Gasteiger partial charge is 0.327 e. The third-order valence-electron chi connectivity index (χ3n) is 6.30. The summed E-state index contributed by atoms with van der Waals surface area (Å²) in [7, 11) is 1.79. The quantitative estimate of drug-likeness (QED) is 0.875. The van der Waals surface area contributed by atoms with Gasteiger partial charge in [-0.25, -0.2) is 0 Å². The number of carbonyl (C=O) groups is 2. The summed E-state index contributed by atoms with van der Waals surface area (Å²) in [4.78, 5) is 29.3. The molecule has 0 unspecified atom stereocenters. The number of quaternary nitrogens is 1. The smallest absolute Gasteiger partial charge is 0.278 e. The summed E-state index contributed by atoms with van der Waals surface area (Å²) in [5.74, 6) is 0.917. The third kappa shape index (κ3) is 3.67. The Morgan fingerprint density at radius 1 is 1.27 bits per heavy atom. The Kier molecular flexibility index (Phi) is 6.03. The molecular formula is C21H30ClN2O2+. The predicted molar refractivity (Wildman–Crippen MR) is 103 cm³/mol. The van der Waals surface area contributed by atoms with Crippen LogP contribution in [0.1, 0.15) is 51.0 Å². The second-order valence-electron chi connectivity index (χ2n) is 8.03. The molecule has 0 aromatic heterocycles. The monoisotopic (exact) mass is 377 g/mol. The van der Waals surface area contributed by atoms with Crippen molar-refractivity contribution in [3.8, 4) is 0 Å². The van der Waals surface area contributed by atoms with Crippen molar-refractivity contribution in [3.63, 3.8) is 0 Å². The van der Waals surface area contributed by atoms with Gasteiger partial charge in [-0.3, -0.25) is 9.59 Å². The molecule has 0 spiro atoms. The summed E-state index contributed by atoms with van der Waals surface area (Å²) >= 11 is 6.47. The molecule has 1 aliphatic carbocycles. The zero-order chi connectivity index (χ0) is 18.7. The summed E-state index contributed by atoms with van der Waals surface area (Å²) in [5.41, 5.74) is -0.125. The highest BCUT2D eigenvalue weighted by atomic mass is 35.5. The highest BCUT2D eigenvalue weighted by molar-refractivity contribution is 6.31. The molecule has 26 heavy (non-hydrogen) atoms. The zero-order valence-corrected chi connectivity index (χ0v) is 16.6. The molecule has 1 aromatic rings. The van der Waals surface area contributed by atoms with E-state index in [0.29, 0.717) is 24.4 Å². The fourth-order valence-electron chi connectivity index (χ4n) is 4.52. The van der Waals surface area contributed by atoms with Crippen molar-refractivity contribution >= 4 is 23.3 Å². The lowest BCUT2D eigenvalue weighted by molar-refractivity contribution is -0.898. The average molecular weight is 378 g/mol. The van der Waals surface area contributed by atoms with Crippen LogP contribution in [-0.4, -0.2) is 43.3 Å². The van der Waals surface area contributed by atoms with Gasteiger partial charge in [0.05, 0.1) is 13.1 Å². The van der Waals surface area contributed by atoms with E-state index in [2.05, 4.69) is 6.92 Å². The van der Waals surface area contributed by atoms with Gasteiger partial charge in [0.1, 0.15) is 5.54 Å². The Balaban J connectivity index is 1.86. The van der Waals surface area contributed by atoms with E-state index in [9.17, 15) is 9.59 Å². The molecule has 1 atom stereocenters. The minimum absolute atomic E-state index is 0.0460. The number of carbonyl (C=O) groups excluding carboxylic acids is 2. The molecule has 1 heterocycles. The first-order valence-electron chi connectivity index (χ1n) is 9.83. The molecule has 2 aliphatic rings. The Bertz CT molecular complexity index is 670. The van der Waals surface area contributed by atoms with E-state index in [0.717, 1.165) is 37.4 Å². The normalized spacial score (nSPS) is 29.4. The van der Waals surface area contributed by atoms with Crippen molar-refractivity contribution in [2.75, 3.05) is 26.7 Å². The van der Waals surface area contributed by atoms with Gasteiger partial charge in [0.2, 0.25) is 0 Å². The number of nitrogens with zero attached hydrogens (tertiary/aromatic N) is 1. The van der Waals surface area contributed by atoms with Crippen molar-refractivity contribution in [1.82, 2.24) is 4.90 Å². The Hall–Kier alpha value is -1.39. The number of ketones is 1. The number of nitrogens with one attached hydrogen (secondary N) is 1. The first-order valence-corrected chi connectivity index (χ1v) is 10.2. The van der Waals surface area contributed by atoms with Crippen molar-refractivity contribution < 1.29 is 14.5 Å². The lowest BCUT2D eigenvalue weighted by Crippen LogP contribution is -3.14. The van der Waals surface area contributed by atoms with Gasteiger partial charge in [0.15, 0.2) is 12.3 Å². The van der Waals surface area contributed by atoms with Gasteiger partial charge >= 0.3 is 0 Å². The number of halogens is 1. The summed E-state index contributed by atoms with van der Waals surface area (Å²) in [6, 6.07) is 7.50. The van der Waals surface area contributed by atoms with Crippen LogP contribution in [-0.2, 0) is 15.1 Å². The van der Waals surface area contributed by atoms with Crippen LogP contribution in [0.15, 0.2) is 24.3 Å². The molecule has 142 valence electrons. The van der Waals surface area contributed by atoms with Gasteiger partial charge in [0.25, 0.3) is 5.91 Å². The van der Waals surface area contributed by atoms with E-state index in [1.165, 1.54) is 17.7 Å². The lowest BCUT2D eigenvalue weighted by atomic mass is 9.74. The number of likely N-dealkylation sites (N-methyl/N-ethyl adjacent to an activating group) is 1. The maximum absolute atomic E-state index is 13.1. The number of hydrogen-bond donors (Lipinski definition) is 1. The second kappa shape index (κ2) is 8.10. The summed E-state index contributed by atoms with van der Waals surface area (Å²) < 4.78 is 0. The lowest BCUT2D eigenvalue weighted by Gasteiger charge is -2.44. The zero-order valence-electron chi connectivity index (χ0n) is 15.9.